The third-order valence-corrected chi connectivity index (χ3v) is 3.43. The van der Waals surface area contributed by atoms with E-state index in [-0.39, 0.29) is 0 Å². The number of rotatable bonds is 3. The second-order valence-corrected chi connectivity index (χ2v) is 5.07. The van der Waals surface area contributed by atoms with E-state index in [0.717, 1.165) is 5.01 Å². The standard InChI is InChI=1S/C13H18N2O4/c1-12(2)13(3,17)15(11(16)19-12)14-9-5-7-10(18-4)8-6-9/h5-8,14,17H,1-4H3/t13-/m0/s1. The third-order valence-electron chi connectivity index (χ3n) is 3.43. The molecule has 2 rings (SSSR count). The molecule has 0 spiro atoms. The van der Waals surface area contributed by atoms with Gasteiger partial charge in [-0.2, -0.15) is 5.01 Å². The maximum atomic E-state index is 11.8. The Kier molecular flexibility index (Phi) is 3.06. The number of nitrogens with one attached hydrogen (secondary N) is 1. The van der Waals surface area contributed by atoms with Crippen LogP contribution >= 0.6 is 0 Å². The van der Waals surface area contributed by atoms with E-state index in [1.807, 2.05) is 0 Å². The maximum absolute atomic E-state index is 11.8. The van der Waals surface area contributed by atoms with Crippen molar-refractivity contribution in [3.8, 4) is 5.75 Å². The molecule has 1 aromatic rings. The van der Waals surface area contributed by atoms with Crippen molar-refractivity contribution >= 4 is 11.8 Å². The molecule has 0 aromatic heterocycles. The Bertz CT molecular complexity index is 482. The summed E-state index contributed by atoms with van der Waals surface area (Å²) >= 11 is 0. The minimum Gasteiger partial charge on any atom is -0.497 e. The zero-order valence-electron chi connectivity index (χ0n) is 11.4. The quantitative estimate of drug-likeness (QED) is 0.875. The molecule has 104 valence electrons. The number of nitrogens with zero attached hydrogens (tertiary/aromatic N) is 1. The van der Waals surface area contributed by atoms with Gasteiger partial charge in [0.1, 0.15) is 5.75 Å². The van der Waals surface area contributed by atoms with Crippen molar-refractivity contribution in [1.82, 2.24) is 5.01 Å². The highest BCUT2D eigenvalue weighted by Crippen LogP contribution is 2.36. The van der Waals surface area contributed by atoms with Crippen LogP contribution in [0.1, 0.15) is 20.8 Å². The topological polar surface area (TPSA) is 71.0 Å². The predicted octanol–water partition coefficient (Wildman–Crippen LogP) is 1.96. The van der Waals surface area contributed by atoms with Crippen molar-refractivity contribution < 1.29 is 19.4 Å². The molecule has 6 nitrogen and oxygen atoms in total. The van der Waals surface area contributed by atoms with Crippen LogP contribution in [0.2, 0.25) is 0 Å². The number of benzene rings is 1. The lowest BCUT2D eigenvalue weighted by Gasteiger charge is -2.34. The second kappa shape index (κ2) is 4.31. The van der Waals surface area contributed by atoms with Gasteiger partial charge in [-0.15, -0.1) is 0 Å². The van der Waals surface area contributed by atoms with Crippen LogP contribution in [0, 0.1) is 0 Å². The summed E-state index contributed by atoms with van der Waals surface area (Å²) in [6, 6.07) is 6.99. The summed E-state index contributed by atoms with van der Waals surface area (Å²) < 4.78 is 10.2. The van der Waals surface area contributed by atoms with Gasteiger partial charge in [0.2, 0.25) is 0 Å². The first kappa shape index (κ1) is 13.5. The molecule has 1 fully saturated rings. The number of methoxy groups -OCH3 is 1. The number of ether oxygens (including phenoxy) is 2. The first-order valence-electron chi connectivity index (χ1n) is 5.94. The fourth-order valence-electron chi connectivity index (χ4n) is 1.76. The van der Waals surface area contributed by atoms with Gasteiger partial charge >= 0.3 is 6.09 Å². The van der Waals surface area contributed by atoms with Crippen LogP contribution in [0.15, 0.2) is 24.3 Å². The predicted molar refractivity (Wildman–Crippen MR) is 69.6 cm³/mol. The van der Waals surface area contributed by atoms with Crippen LogP contribution in [0.4, 0.5) is 10.5 Å². The summed E-state index contributed by atoms with van der Waals surface area (Å²) in [5.74, 6) is 0.710. The van der Waals surface area contributed by atoms with Gasteiger partial charge in [-0.05, 0) is 45.0 Å². The van der Waals surface area contributed by atoms with Crippen molar-refractivity contribution in [1.29, 1.82) is 0 Å². The normalized spacial score (nSPS) is 25.1. The Balaban J connectivity index is 2.20. The Morgan fingerprint density at radius 1 is 1.26 bits per heavy atom. The molecule has 0 unspecified atom stereocenters. The molecule has 6 heteroatoms. The van der Waals surface area contributed by atoms with E-state index in [0.29, 0.717) is 11.4 Å². The number of carbonyl (C=O) groups is 1. The molecule has 1 amide bonds. The van der Waals surface area contributed by atoms with Crippen LogP contribution in [0.25, 0.3) is 0 Å². The highest BCUT2D eigenvalue weighted by molar-refractivity contribution is 5.74. The highest BCUT2D eigenvalue weighted by atomic mass is 16.6. The van der Waals surface area contributed by atoms with Crippen LogP contribution in [0.3, 0.4) is 0 Å². The van der Waals surface area contributed by atoms with Gasteiger partial charge in [-0.3, -0.25) is 5.43 Å². The number of amides is 1. The molecule has 1 atom stereocenters. The Hall–Kier alpha value is -1.95. The number of carbonyl (C=O) groups excluding carboxylic acids is 1. The molecule has 1 aromatic carbocycles. The van der Waals surface area contributed by atoms with Crippen LogP contribution in [-0.2, 0) is 4.74 Å². The van der Waals surface area contributed by atoms with Crippen molar-refractivity contribution in [3.63, 3.8) is 0 Å². The van der Waals surface area contributed by atoms with E-state index in [1.165, 1.54) is 6.92 Å². The fourth-order valence-corrected chi connectivity index (χ4v) is 1.76. The van der Waals surface area contributed by atoms with Crippen molar-refractivity contribution in [2.75, 3.05) is 12.5 Å². The first-order chi connectivity index (χ1) is 8.78. The summed E-state index contributed by atoms with van der Waals surface area (Å²) in [7, 11) is 1.58. The van der Waals surface area contributed by atoms with Gasteiger partial charge in [0.25, 0.3) is 0 Å². The molecular weight excluding hydrogens is 248 g/mol. The minimum absolute atomic E-state index is 0.620. The van der Waals surface area contributed by atoms with Gasteiger partial charge < -0.3 is 14.6 Å². The number of cyclic esters (lactones) is 1. The van der Waals surface area contributed by atoms with Gasteiger partial charge in [-0.25, -0.2) is 4.79 Å². The van der Waals surface area contributed by atoms with E-state index in [4.69, 9.17) is 9.47 Å². The van der Waals surface area contributed by atoms with E-state index in [1.54, 1.807) is 45.2 Å². The number of aliphatic hydroxyl groups is 1. The smallest absolute Gasteiger partial charge is 0.432 e. The zero-order chi connectivity index (χ0) is 14.3. The summed E-state index contributed by atoms with van der Waals surface area (Å²) in [6.07, 6.45) is -0.620. The van der Waals surface area contributed by atoms with E-state index < -0.39 is 17.4 Å². The molecule has 19 heavy (non-hydrogen) atoms. The lowest BCUT2D eigenvalue weighted by atomic mass is 9.97. The SMILES string of the molecule is COc1ccc(NN2C(=O)OC(C)(C)[C@]2(C)O)cc1. The lowest BCUT2D eigenvalue weighted by Crippen LogP contribution is -2.55. The van der Waals surface area contributed by atoms with Crippen molar-refractivity contribution in [3.05, 3.63) is 24.3 Å². The summed E-state index contributed by atoms with van der Waals surface area (Å²) in [6.45, 7) is 4.83. The highest BCUT2D eigenvalue weighted by Gasteiger charge is 2.57. The fraction of sp³-hybridized carbons (Fsp3) is 0.462. The Labute approximate surface area is 111 Å². The molecule has 1 heterocycles. The number of hydrazine groups is 1. The average Bonchev–Trinajstić information content (AvgIpc) is 2.49. The monoisotopic (exact) mass is 266 g/mol. The number of hydrogen-bond donors (Lipinski definition) is 2. The largest absolute Gasteiger partial charge is 0.497 e. The summed E-state index contributed by atoms with van der Waals surface area (Å²) in [5, 5.41) is 11.5. The van der Waals surface area contributed by atoms with E-state index in [2.05, 4.69) is 5.43 Å². The first-order valence-corrected chi connectivity index (χ1v) is 5.94. The molecule has 0 bridgehead atoms. The zero-order valence-corrected chi connectivity index (χ0v) is 11.4. The molecule has 1 saturated heterocycles. The summed E-state index contributed by atoms with van der Waals surface area (Å²) in [4.78, 5) is 11.8. The van der Waals surface area contributed by atoms with Gasteiger partial charge in [0.05, 0.1) is 12.8 Å². The van der Waals surface area contributed by atoms with E-state index >= 15 is 0 Å². The minimum atomic E-state index is -1.45. The van der Waals surface area contributed by atoms with Gasteiger partial charge in [0, 0.05) is 0 Å². The maximum Gasteiger partial charge on any atom is 0.432 e. The molecule has 2 N–H and O–H groups in total. The number of hydrogen-bond acceptors (Lipinski definition) is 5. The third kappa shape index (κ3) is 2.19. The molecule has 0 radical (unpaired) electrons. The van der Waals surface area contributed by atoms with Gasteiger partial charge in [0.15, 0.2) is 11.3 Å². The van der Waals surface area contributed by atoms with Crippen molar-refractivity contribution in [2.24, 2.45) is 0 Å². The molecule has 0 saturated carbocycles. The lowest BCUT2D eigenvalue weighted by molar-refractivity contribution is -0.121. The average molecular weight is 266 g/mol. The Morgan fingerprint density at radius 2 is 1.84 bits per heavy atom. The second-order valence-electron chi connectivity index (χ2n) is 5.07. The van der Waals surface area contributed by atoms with Crippen LogP contribution in [-0.4, -0.2) is 34.6 Å². The molecule has 1 aliphatic rings. The molecule has 1 aliphatic heterocycles. The summed E-state index contributed by atoms with van der Waals surface area (Å²) in [5.41, 5.74) is 1.04. The molecule has 0 aliphatic carbocycles. The van der Waals surface area contributed by atoms with Crippen molar-refractivity contribution in [2.45, 2.75) is 32.1 Å². The van der Waals surface area contributed by atoms with Crippen LogP contribution < -0.4 is 10.2 Å². The van der Waals surface area contributed by atoms with Gasteiger partial charge in [-0.1, -0.05) is 0 Å². The van der Waals surface area contributed by atoms with Crippen LogP contribution in [0.5, 0.6) is 5.75 Å². The number of anilines is 1. The Morgan fingerprint density at radius 3 is 2.26 bits per heavy atom. The van der Waals surface area contributed by atoms with E-state index in [9.17, 15) is 9.90 Å². The molecular formula is C13H18N2O4.